The first-order chi connectivity index (χ1) is 14.8. The number of thioether (sulfide) groups is 1. The Kier molecular flexibility index (Phi) is 6.32. The number of methoxy groups -OCH3 is 1. The number of benzene rings is 1. The molecule has 10 heteroatoms. The third-order valence-corrected chi connectivity index (χ3v) is 5.72. The van der Waals surface area contributed by atoms with Gasteiger partial charge in [-0.05, 0) is 12.1 Å². The highest BCUT2D eigenvalue weighted by Crippen LogP contribution is 2.38. The number of nitriles is 1. The minimum atomic E-state index is 0.255. The molecule has 3 N–H and O–H groups in total. The normalized spacial score (nSPS) is 15.9. The van der Waals surface area contributed by atoms with E-state index in [1.807, 2.05) is 42.1 Å². The average Bonchev–Trinajstić information content (AvgIpc) is 3.26. The predicted octanol–water partition coefficient (Wildman–Crippen LogP) is 2.57. The fourth-order valence-electron chi connectivity index (χ4n) is 3.07. The molecule has 0 bridgehead atoms. The van der Waals surface area contributed by atoms with E-state index in [4.69, 9.17) is 14.7 Å². The SMILES string of the molecule is COc1cccc(OCC2CNCCS2)c1-c1cc(Nc2cnc(C#N)cn2)n[nH]1. The Morgan fingerprint density at radius 3 is 2.90 bits per heavy atom. The van der Waals surface area contributed by atoms with Gasteiger partial charge in [0, 0.05) is 24.9 Å². The number of nitrogens with zero attached hydrogens (tertiary/aromatic N) is 4. The summed E-state index contributed by atoms with van der Waals surface area (Å²) in [6, 6.07) is 9.52. The summed E-state index contributed by atoms with van der Waals surface area (Å²) >= 11 is 1.92. The molecule has 1 atom stereocenters. The zero-order chi connectivity index (χ0) is 20.8. The smallest absolute Gasteiger partial charge is 0.158 e. The summed E-state index contributed by atoms with van der Waals surface area (Å²) in [7, 11) is 1.63. The number of hydrogen-bond acceptors (Lipinski definition) is 9. The Morgan fingerprint density at radius 2 is 2.17 bits per heavy atom. The molecule has 3 aromatic rings. The van der Waals surface area contributed by atoms with Crippen LogP contribution in [0.25, 0.3) is 11.3 Å². The summed E-state index contributed by atoms with van der Waals surface area (Å²) in [5, 5.41) is 23.0. The lowest BCUT2D eigenvalue weighted by Gasteiger charge is -2.23. The van der Waals surface area contributed by atoms with Crippen LogP contribution in [0.3, 0.4) is 0 Å². The van der Waals surface area contributed by atoms with Crippen molar-refractivity contribution in [3.05, 3.63) is 42.4 Å². The Morgan fingerprint density at radius 1 is 1.27 bits per heavy atom. The van der Waals surface area contributed by atoms with Crippen molar-refractivity contribution in [2.75, 3.05) is 37.9 Å². The van der Waals surface area contributed by atoms with Crippen LogP contribution in [0.15, 0.2) is 36.7 Å². The van der Waals surface area contributed by atoms with Gasteiger partial charge in [-0.25, -0.2) is 9.97 Å². The number of aromatic nitrogens is 4. The zero-order valence-corrected chi connectivity index (χ0v) is 17.2. The molecule has 0 amide bonds. The Labute approximate surface area is 178 Å². The average molecular weight is 424 g/mol. The van der Waals surface area contributed by atoms with Crippen LogP contribution in [-0.2, 0) is 0 Å². The van der Waals surface area contributed by atoms with Crippen molar-refractivity contribution in [3.8, 4) is 28.8 Å². The van der Waals surface area contributed by atoms with Crippen molar-refractivity contribution in [1.29, 1.82) is 5.26 Å². The van der Waals surface area contributed by atoms with Crippen LogP contribution in [-0.4, -0.2) is 58.0 Å². The fraction of sp³-hybridized carbons (Fsp3) is 0.300. The Bertz CT molecular complexity index is 1030. The van der Waals surface area contributed by atoms with Crippen LogP contribution in [0.2, 0.25) is 0 Å². The van der Waals surface area contributed by atoms with E-state index < -0.39 is 0 Å². The number of anilines is 2. The molecule has 1 saturated heterocycles. The third kappa shape index (κ3) is 4.64. The van der Waals surface area contributed by atoms with Gasteiger partial charge in [-0.15, -0.1) is 0 Å². The van der Waals surface area contributed by atoms with Crippen molar-refractivity contribution in [1.82, 2.24) is 25.5 Å². The summed E-state index contributed by atoms with van der Waals surface area (Å²) in [6.45, 7) is 2.59. The van der Waals surface area contributed by atoms with Crippen LogP contribution in [0, 0.1) is 11.3 Å². The molecule has 1 unspecified atom stereocenters. The monoisotopic (exact) mass is 423 g/mol. The summed E-state index contributed by atoms with van der Waals surface area (Å²) < 4.78 is 11.7. The molecule has 154 valence electrons. The molecular formula is C20H21N7O2S. The van der Waals surface area contributed by atoms with Crippen molar-refractivity contribution in [3.63, 3.8) is 0 Å². The van der Waals surface area contributed by atoms with E-state index in [0.717, 1.165) is 35.8 Å². The predicted molar refractivity (Wildman–Crippen MR) is 115 cm³/mol. The van der Waals surface area contributed by atoms with E-state index in [9.17, 15) is 0 Å². The minimum absolute atomic E-state index is 0.255. The molecule has 0 saturated carbocycles. The summed E-state index contributed by atoms with van der Waals surface area (Å²) in [4.78, 5) is 8.15. The third-order valence-electron chi connectivity index (χ3n) is 4.51. The largest absolute Gasteiger partial charge is 0.496 e. The number of H-pyrrole nitrogens is 1. The molecule has 4 rings (SSSR count). The molecule has 2 aromatic heterocycles. The van der Waals surface area contributed by atoms with Crippen LogP contribution in [0.1, 0.15) is 5.69 Å². The van der Waals surface area contributed by atoms with Gasteiger partial charge in [0.05, 0.1) is 36.0 Å². The number of nitrogens with one attached hydrogen (secondary N) is 3. The maximum atomic E-state index is 8.83. The van der Waals surface area contributed by atoms with Gasteiger partial charge in [0.25, 0.3) is 0 Å². The highest BCUT2D eigenvalue weighted by atomic mass is 32.2. The Hall–Kier alpha value is -3.29. The van der Waals surface area contributed by atoms with E-state index in [2.05, 4.69) is 30.8 Å². The summed E-state index contributed by atoms with van der Waals surface area (Å²) in [5.74, 6) is 3.56. The second kappa shape index (κ2) is 9.47. The van der Waals surface area contributed by atoms with E-state index in [1.165, 1.54) is 12.4 Å². The quantitative estimate of drug-likeness (QED) is 0.526. The van der Waals surface area contributed by atoms with Gasteiger partial charge in [0.1, 0.15) is 30.0 Å². The van der Waals surface area contributed by atoms with E-state index >= 15 is 0 Å². The summed E-state index contributed by atoms with van der Waals surface area (Å²) in [5.41, 5.74) is 1.81. The first-order valence-electron chi connectivity index (χ1n) is 9.44. The van der Waals surface area contributed by atoms with Crippen molar-refractivity contribution in [2.24, 2.45) is 0 Å². The first-order valence-corrected chi connectivity index (χ1v) is 10.5. The first kappa shape index (κ1) is 20.0. The summed E-state index contributed by atoms with van der Waals surface area (Å²) in [6.07, 6.45) is 2.89. The standard InChI is InChI=1S/C20H21N7O2S/c1-28-16-3-2-4-17(29-12-14-10-22-5-6-30-14)20(16)15-7-18(27-26-15)25-19-11-23-13(8-21)9-24-19/h2-4,7,9,11,14,22H,5-6,10,12H2,1H3,(H2,24,25,26,27). The van der Waals surface area contributed by atoms with Gasteiger partial charge in [-0.2, -0.15) is 22.1 Å². The molecular weight excluding hydrogens is 402 g/mol. The molecule has 1 aliphatic rings. The molecule has 0 aliphatic carbocycles. The van der Waals surface area contributed by atoms with Crippen LogP contribution < -0.4 is 20.1 Å². The van der Waals surface area contributed by atoms with Crippen LogP contribution in [0.5, 0.6) is 11.5 Å². The van der Waals surface area contributed by atoms with Crippen LogP contribution >= 0.6 is 11.8 Å². The topological polar surface area (TPSA) is 121 Å². The van der Waals surface area contributed by atoms with E-state index in [1.54, 1.807) is 7.11 Å². The van der Waals surface area contributed by atoms with Gasteiger partial charge < -0.3 is 20.1 Å². The zero-order valence-electron chi connectivity index (χ0n) is 16.4. The van der Waals surface area contributed by atoms with Gasteiger partial charge in [-0.1, -0.05) is 6.07 Å². The van der Waals surface area contributed by atoms with Gasteiger partial charge in [0.15, 0.2) is 11.5 Å². The van der Waals surface area contributed by atoms with Crippen molar-refractivity contribution < 1.29 is 9.47 Å². The lowest BCUT2D eigenvalue weighted by molar-refractivity contribution is 0.311. The number of rotatable bonds is 7. The molecule has 3 heterocycles. The maximum absolute atomic E-state index is 8.83. The van der Waals surface area contributed by atoms with E-state index in [-0.39, 0.29) is 5.69 Å². The van der Waals surface area contributed by atoms with Gasteiger partial charge in [-0.3, -0.25) is 5.10 Å². The number of hydrogen-bond donors (Lipinski definition) is 3. The maximum Gasteiger partial charge on any atom is 0.158 e. The van der Waals surface area contributed by atoms with Crippen molar-refractivity contribution >= 4 is 23.4 Å². The molecule has 0 radical (unpaired) electrons. The molecule has 1 aromatic carbocycles. The lowest BCUT2D eigenvalue weighted by atomic mass is 10.1. The van der Waals surface area contributed by atoms with E-state index in [0.29, 0.717) is 29.2 Å². The second-order valence-electron chi connectivity index (χ2n) is 6.53. The highest BCUT2D eigenvalue weighted by Gasteiger charge is 2.19. The number of aromatic amines is 1. The molecule has 1 aliphatic heterocycles. The molecule has 1 fully saturated rings. The van der Waals surface area contributed by atoms with Crippen LogP contribution in [0.4, 0.5) is 11.6 Å². The lowest BCUT2D eigenvalue weighted by Crippen LogP contribution is -2.36. The molecule has 30 heavy (non-hydrogen) atoms. The minimum Gasteiger partial charge on any atom is -0.496 e. The Balaban J connectivity index is 1.54. The molecule has 9 nitrogen and oxygen atoms in total. The highest BCUT2D eigenvalue weighted by molar-refractivity contribution is 8.00. The van der Waals surface area contributed by atoms with Gasteiger partial charge in [0.2, 0.25) is 0 Å². The fourth-order valence-corrected chi connectivity index (χ4v) is 4.07. The second-order valence-corrected chi connectivity index (χ2v) is 7.94. The molecule has 0 spiro atoms. The van der Waals surface area contributed by atoms with Gasteiger partial charge >= 0.3 is 0 Å². The van der Waals surface area contributed by atoms with Crippen molar-refractivity contribution in [2.45, 2.75) is 5.25 Å². The number of ether oxygens (including phenoxy) is 2.